The molecule has 6 heteroatoms. The van der Waals surface area contributed by atoms with E-state index < -0.39 is 12.0 Å². The lowest BCUT2D eigenvalue weighted by Crippen LogP contribution is -2.27. The number of alkyl halides is 3. The Balaban J connectivity index is 2.05. The van der Waals surface area contributed by atoms with E-state index in [1.165, 1.54) is 4.57 Å². The molecular weight excluding hydrogens is 255 g/mol. The number of imidazole rings is 1. The van der Waals surface area contributed by atoms with Crippen molar-refractivity contribution in [2.45, 2.75) is 57.3 Å². The zero-order valence-corrected chi connectivity index (χ0v) is 10.8. The second-order valence-electron chi connectivity index (χ2n) is 5.42. The summed E-state index contributed by atoms with van der Waals surface area (Å²) in [6.45, 7) is 1.20. The molecule has 0 atom stereocenters. The van der Waals surface area contributed by atoms with Crippen molar-refractivity contribution in [2.75, 3.05) is 6.54 Å². The minimum Gasteiger partial charge on any atom is -0.321 e. The molecule has 19 heavy (non-hydrogen) atoms. The Morgan fingerprint density at radius 3 is 2.58 bits per heavy atom. The van der Waals surface area contributed by atoms with E-state index in [-0.39, 0.29) is 6.04 Å². The first-order valence-electron chi connectivity index (χ1n) is 6.95. The van der Waals surface area contributed by atoms with E-state index in [2.05, 4.69) is 10.3 Å². The first-order valence-corrected chi connectivity index (χ1v) is 6.95. The molecule has 1 aliphatic heterocycles. The van der Waals surface area contributed by atoms with E-state index in [1.807, 2.05) is 0 Å². The quantitative estimate of drug-likeness (QED) is 0.852. The predicted octanol–water partition coefficient (Wildman–Crippen LogP) is 3.05. The monoisotopic (exact) mass is 273 g/mol. The van der Waals surface area contributed by atoms with Crippen molar-refractivity contribution in [2.24, 2.45) is 0 Å². The molecule has 1 aromatic heterocycles. The largest absolute Gasteiger partial charge is 0.449 e. The van der Waals surface area contributed by atoms with E-state index in [1.54, 1.807) is 0 Å². The van der Waals surface area contributed by atoms with Crippen LogP contribution in [0.1, 0.15) is 55.4 Å². The molecule has 2 heterocycles. The maximum atomic E-state index is 13.2. The molecule has 2 aliphatic rings. The fourth-order valence-electron chi connectivity index (χ4n) is 3.27. The SMILES string of the molecule is FC(F)(F)c1nc2c(n1C1CCCCC1)CCNC2. The molecule has 1 fully saturated rings. The van der Waals surface area contributed by atoms with Crippen LogP contribution in [0.15, 0.2) is 0 Å². The summed E-state index contributed by atoms with van der Waals surface area (Å²) in [5.41, 5.74) is 1.39. The highest BCUT2D eigenvalue weighted by Gasteiger charge is 2.41. The number of aromatic nitrogens is 2. The lowest BCUT2D eigenvalue weighted by Gasteiger charge is -2.28. The van der Waals surface area contributed by atoms with Gasteiger partial charge in [-0.15, -0.1) is 0 Å². The fraction of sp³-hybridized carbons (Fsp3) is 0.769. The highest BCUT2D eigenvalue weighted by atomic mass is 19.4. The third kappa shape index (κ3) is 2.38. The van der Waals surface area contributed by atoms with Crippen molar-refractivity contribution in [1.82, 2.24) is 14.9 Å². The van der Waals surface area contributed by atoms with Crippen LogP contribution in [0.25, 0.3) is 0 Å². The van der Waals surface area contributed by atoms with E-state index in [0.29, 0.717) is 18.7 Å². The van der Waals surface area contributed by atoms with Gasteiger partial charge in [-0.25, -0.2) is 4.98 Å². The second kappa shape index (κ2) is 4.81. The van der Waals surface area contributed by atoms with Crippen LogP contribution in [0.5, 0.6) is 0 Å². The molecule has 1 aromatic rings. The molecule has 1 saturated carbocycles. The molecular formula is C13H18F3N3. The molecule has 0 saturated heterocycles. The van der Waals surface area contributed by atoms with Crippen LogP contribution in [0.2, 0.25) is 0 Å². The van der Waals surface area contributed by atoms with Gasteiger partial charge in [-0.2, -0.15) is 13.2 Å². The van der Waals surface area contributed by atoms with Crippen LogP contribution in [0.3, 0.4) is 0 Å². The zero-order chi connectivity index (χ0) is 13.5. The number of rotatable bonds is 1. The summed E-state index contributed by atoms with van der Waals surface area (Å²) < 4.78 is 41.1. The van der Waals surface area contributed by atoms with E-state index in [4.69, 9.17) is 0 Å². The maximum absolute atomic E-state index is 13.2. The first kappa shape index (κ1) is 13.0. The van der Waals surface area contributed by atoms with Crippen LogP contribution in [0.4, 0.5) is 13.2 Å². The molecule has 0 aromatic carbocycles. The Bertz CT molecular complexity index is 458. The average molecular weight is 273 g/mol. The van der Waals surface area contributed by atoms with Gasteiger partial charge in [-0.1, -0.05) is 19.3 Å². The molecule has 3 rings (SSSR count). The van der Waals surface area contributed by atoms with Crippen molar-refractivity contribution < 1.29 is 13.2 Å². The molecule has 0 unspecified atom stereocenters. The predicted molar refractivity (Wildman–Crippen MR) is 64.8 cm³/mol. The summed E-state index contributed by atoms with van der Waals surface area (Å²) in [5.74, 6) is -0.687. The highest BCUT2D eigenvalue weighted by molar-refractivity contribution is 5.22. The molecule has 1 N–H and O–H groups in total. The smallest absolute Gasteiger partial charge is 0.321 e. The highest BCUT2D eigenvalue weighted by Crippen LogP contribution is 2.38. The normalized spacial score (nSPS) is 21.4. The minimum atomic E-state index is -4.35. The van der Waals surface area contributed by atoms with Gasteiger partial charge in [0.05, 0.1) is 5.69 Å². The molecule has 106 valence electrons. The van der Waals surface area contributed by atoms with E-state index in [9.17, 15) is 13.2 Å². The summed E-state index contributed by atoms with van der Waals surface area (Å²) in [7, 11) is 0. The van der Waals surface area contributed by atoms with Crippen molar-refractivity contribution in [3.8, 4) is 0 Å². The number of nitrogens with zero attached hydrogens (tertiary/aromatic N) is 2. The third-order valence-corrected chi connectivity index (χ3v) is 4.12. The first-order chi connectivity index (χ1) is 9.07. The maximum Gasteiger partial charge on any atom is 0.449 e. The standard InChI is InChI=1S/C13H18F3N3/c14-13(15,16)12-18-10-8-17-7-6-11(10)19(12)9-4-2-1-3-5-9/h9,17H,1-8H2. The van der Waals surface area contributed by atoms with Gasteiger partial charge in [0.2, 0.25) is 5.82 Å². The number of hydrogen-bond donors (Lipinski definition) is 1. The van der Waals surface area contributed by atoms with E-state index >= 15 is 0 Å². The van der Waals surface area contributed by atoms with Gasteiger partial charge >= 0.3 is 6.18 Å². The van der Waals surface area contributed by atoms with Crippen LogP contribution in [-0.4, -0.2) is 16.1 Å². The van der Waals surface area contributed by atoms with Gasteiger partial charge in [0.25, 0.3) is 0 Å². The van der Waals surface area contributed by atoms with Crippen LogP contribution in [-0.2, 0) is 19.1 Å². The molecule has 1 aliphatic carbocycles. The Hall–Kier alpha value is -1.04. The molecule has 3 nitrogen and oxygen atoms in total. The Morgan fingerprint density at radius 1 is 1.16 bits per heavy atom. The van der Waals surface area contributed by atoms with Crippen molar-refractivity contribution in [1.29, 1.82) is 0 Å². The number of halogens is 3. The van der Waals surface area contributed by atoms with Gasteiger partial charge in [0.1, 0.15) is 0 Å². The lowest BCUT2D eigenvalue weighted by atomic mass is 9.94. The summed E-state index contributed by atoms with van der Waals surface area (Å²) in [6, 6.07) is -0.0141. The molecule has 0 spiro atoms. The lowest BCUT2D eigenvalue weighted by molar-refractivity contribution is -0.148. The minimum absolute atomic E-state index is 0.0141. The van der Waals surface area contributed by atoms with Gasteiger partial charge in [0, 0.05) is 31.2 Å². The summed E-state index contributed by atoms with van der Waals surface area (Å²) >= 11 is 0. The van der Waals surface area contributed by atoms with Crippen LogP contribution < -0.4 is 5.32 Å². The number of fused-ring (bicyclic) bond motifs is 1. The molecule has 0 bridgehead atoms. The van der Waals surface area contributed by atoms with Crippen molar-refractivity contribution >= 4 is 0 Å². The van der Waals surface area contributed by atoms with Crippen molar-refractivity contribution in [3.05, 3.63) is 17.2 Å². The second-order valence-corrected chi connectivity index (χ2v) is 5.42. The fourth-order valence-corrected chi connectivity index (χ4v) is 3.27. The third-order valence-electron chi connectivity index (χ3n) is 4.12. The Labute approximate surface area is 110 Å². The topological polar surface area (TPSA) is 29.9 Å². The van der Waals surface area contributed by atoms with Crippen molar-refractivity contribution in [3.63, 3.8) is 0 Å². The van der Waals surface area contributed by atoms with Crippen LogP contribution in [0, 0.1) is 0 Å². The van der Waals surface area contributed by atoms with Gasteiger partial charge in [0.15, 0.2) is 0 Å². The van der Waals surface area contributed by atoms with Gasteiger partial charge < -0.3 is 9.88 Å². The zero-order valence-electron chi connectivity index (χ0n) is 10.8. The van der Waals surface area contributed by atoms with Gasteiger partial charge in [-0.05, 0) is 12.8 Å². The summed E-state index contributed by atoms with van der Waals surface area (Å²) in [4.78, 5) is 3.87. The molecule has 0 radical (unpaired) electrons. The van der Waals surface area contributed by atoms with Gasteiger partial charge in [-0.3, -0.25) is 0 Å². The number of hydrogen-bond acceptors (Lipinski definition) is 2. The summed E-state index contributed by atoms with van der Waals surface area (Å²) in [5, 5.41) is 3.09. The molecule has 0 amide bonds. The van der Waals surface area contributed by atoms with Crippen LogP contribution >= 0.6 is 0 Å². The Kier molecular flexibility index (Phi) is 3.28. The summed E-state index contributed by atoms with van der Waals surface area (Å²) in [6.07, 6.45) is 1.17. The number of nitrogens with one attached hydrogen (secondary N) is 1. The average Bonchev–Trinajstić information content (AvgIpc) is 2.79. The van der Waals surface area contributed by atoms with E-state index in [0.717, 1.165) is 44.3 Å². The Morgan fingerprint density at radius 2 is 1.89 bits per heavy atom.